The number of nitrogens with zero attached hydrogens (tertiary/aromatic N) is 1. The summed E-state index contributed by atoms with van der Waals surface area (Å²) >= 11 is 5.83. The van der Waals surface area contributed by atoms with Gasteiger partial charge in [-0.2, -0.15) is 0 Å². The third-order valence-corrected chi connectivity index (χ3v) is 3.61. The van der Waals surface area contributed by atoms with Gasteiger partial charge in [-0.25, -0.2) is 0 Å². The number of amides is 1. The van der Waals surface area contributed by atoms with Crippen molar-refractivity contribution in [1.82, 2.24) is 4.90 Å². The molecule has 20 heavy (non-hydrogen) atoms. The number of halogens is 1. The minimum atomic E-state index is -0.0834. The van der Waals surface area contributed by atoms with Crippen molar-refractivity contribution < 1.29 is 9.53 Å². The summed E-state index contributed by atoms with van der Waals surface area (Å²) in [7, 11) is 0. The van der Waals surface area contributed by atoms with Crippen molar-refractivity contribution in [2.24, 2.45) is 0 Å². The van der Waals surface area contributed by atoms with Crippen molar-refractivity contribution in [3.63, 3.8) is 0 Å². The molecule has 0 aliphatic carbocycles. The lowest BCUT2D eigenvalue weighted by Gasteiger charge is -2.36. The van der Waals surface area contributed by atoms with E-state index >= 15 is 0 Å². The number of nitrogens with two attached hydrogens (primary N) is 1. The highest BCUT2D eigenvalue weighted by atomic mass is 35.5. The number of carbonyl (C=O) groups is 1. The molecule has 0 aromatic heterocycles. The highest BCUT2D eigenvalue weighted by Crippen LogP contribution is 2.22. The molecular formula is C14H20ClN3O2. The number of rotatable bonds is 3. The van der Waals surface area contributed by atoms with Crippen LogP contribution in [0.5, 0.6) is 0 Å². The normalized spacial score (nSPS) is 23.6. The number of hydrogen-bond donors (Lipinski definition) is 2. The Balaban J connectivity index is 1.94. The summed E-state index contributed by atoms with van der Waals surface area (Å²) in [5.74, 6) is -0.0834. The van der Waals surface area contributed by atoms with Gasteiger partial charge in [-0.3, -0.25) is 9.69 Å². The Hall–Kier alpha value is -1.30. The zero-order chi connectivity index (χ0) is 14.7. The molecule has 0 bridgehead atoms. The van der Waals surface area contributed by atoms with Crippen molar-refractivity contribution in [2.45, 2.75) is 26.0 Å². The molecule has 1 amide bonds. The maximum Gasteiger partial charge on any atom is 0.238 e. The number of morpholine rings is 1. The Kier molecular flexibility index (Phi) is 4.86. The lowest BCUT2D eigenvalue weighted by Crippen LogP contribution is -2.50. The van der Waals surface area contributed by atoms with E-state index in [0.29, 0.717) is 29.5 Å². The molecule has 3 N–H and O–H groups in total. The van der Waals surface area contributed by atoms with Gasteiger partial charge in [-0.05, 0) is 32.0 Å². The summed E-state index contributed by atoms with van der Waals surface area (Å²) < 4.78 is 5.54. The highest BCUT2D eigenvalue weighted by molar-refractivity contribution is 6.31. The second-order valence-corrected chi connectivity index (χ2v) is 5.64. The minimum absolute atomic E-state index is 0.0834. The largest absolute Gasteiger partial charge is 0.397 e. The zero-order valence-electron chi connectivity index (χ0n) is 11.7. The van der Waals surface area contributed by atoms with E-state index in [2.05, 4.69) is 17.1 Å². The molecule has 1 heterocycles. The van der Waals surface area contributed by atoms with Crippen LogP contribution in [0.4, 0.5) is 11.4 Å². The van der Waals surface area contributed by atoms with Crippen LogP contribution >= 0.6 is 11.6 Å². The zero-order valence-corrected chi connectivity index (χ0v) is 12.5. The second kappa shape index (κ2) is 6.43. The molecule has 0 spiro atoms. The lowest BCUT2D eigenvalue weighted by molar-refractivity contribution is -0.121. The van der Waals surface area contributed by atoms with Gasteiger partial charge in [0, 0.05) is 17.6 Å². The highest BCUT2D eigenvalue weighted by Gasteiger charge is 2.25. The standard InChI is InChI=1S/C14H20ClN3O2/c1-9-8-20-10(2)6-18(9)7-14(19)17-13-4-3-11(15)5-12(13)16/h3-5,9-10H,6-8,16H2,1-2H3,(H,17,19). The van der Waals surface area contributed by atoms with Gasteiger partial charge >= 0.3 is 0 Å². The van der Waals surface area contributed by atoms with Crippen LogP contribution < -0.4 is 11.1 Å². The summed E-state index contributed by atoms with van der Waals surface area (Å²) in [6.45, 7) is 5.79. The fourth-order valence-corrected chi connectivity index (χ4v) is 2.39. The van der Waals surface area contributed by atoms with Gasteiger partial charge in [0.15, 0.2) is 0 Å². The van der Waals surface area contributed by atoms with Crippen molar-refractivity contribution in [3.8, 4) is 0 Å². The first kappa shape index (κ1) is 15.1. The Bertz CT molecular complexity index is 495. The molecular weight excluding hydrogens is 278 g/mol. The van der Waals surface area contributed by atoms with E-state index in [0.717, 1.165) is 6.54 Å². The van der Waals surface area contributed by atoms with E-state index in [4.69, 9.17) is 22.1 Å². The predicted molar refractivity (Wildman–Crippen MR) is 80.9 cm³/mol. The van der Waals surface area contributed by atoms with E-state index < -0.39 is 0 Å². The van der Waals surface area contributed by atoms with Gasteiger partial charge in [0.2, 0.25) is 5.91 Å². The first-order chi connectivity index (χ1) is 9.45. The number of nitrogen functional groups attached to an aromatic ring is 1. The van der Waals surface area contributed by atoms with Crippen molar-refractivity contribution in [3.05, 3.63) is 23.2 Å². The Morgan fingerprint density at radius 2 is 2.30 bits per heavy atom. The van der Waals surface area contributed by atoms with Crippen LogP contribution in [0.25, 0.3) is 0 Å². The lowest BCUT2D eigenvalue weighted by atomic mass is 10.2. The molecule has 1 fully saturated rings. The molecule has 1 aromatic rings. The number of anilines is 2. The van der Waals surface area contributed by atoms with Crippen LogP contribution in [0.2, 0.25) is 5.02 Å². The molecule has 1 saturated heterocycles. The first-order valence-electron chi connectivity index (χ1n) is 6.66. The molecule has 0 saturated carbocycles. The van der Waals surface area contributed by atoms with Gasteiger partial charge in [0.05, 0.1) is 30.6 Å². The molecule has 2 atom stereocenters. The molecule has 1 aliphatic rings. The van der Waals surface area contributed by atoms with E-state index in [9.17, 15) is 4.79 Å². The molecule has 2 unspecified atom stereocenters. The van der Waals surface area contributed by atoms with E-state index in [1.165, 1.54) is 0 Å². The number of ether oxygens (including phenoxy) is 1. The summed E-state index contributed by atoms with van der Waals surface area (Å²) in [5.41, 5.74) is 6.88. The second-order valence-electron chi connectivity index (χ2n) is 5.20. The third kappa shape index (κ3) is 3.85. The van der Waals surface area contributed by atoms with Gasteiger partial charge in [-0.15, -0.1) is 0 Å². The average molecular weight is 298 g/mol. The topological polar surface area (TPSA) is 67.6 Å². The van der Waals surface area contributed by atoms with Crippen LogP contribution in [0, 0.1) is 0 Å². The number of hydrogen-bond acceptors (Lipinski definition) is 4. The molecule has 2 rings (SSSR count). The van der Waals surface area contributed by atoms with Crippen LogP contribution in [-0.4, -0.2) is 42.6 Å². The third-order valence-electron chi connectivity index (χ3n) is 3.37. The number of carbonyl (C=O) groups excluding carboxylic acids is 1. The summed E-state index contributed by atoms with van der Waals surface area (Å²) in [4.78, 5) is 14.2. The van der Waals surface area contributed by atoms with Crippen LogP contribution in [0.3, 0.4) is 0 Å². The summed E-state index contributed by atoms with van der Waals surface area (Å²) in [6.07, 6.45) is 0.152. The monoisotopic (exact) mass is 297 g/mol. The van der Waals surface area contributed by atoms with Crippen molar-refractivity contribution in [1.29, 1.82) is 0 Å². The van der Waals surface area contributed by atoms with Crippen molar-refractivity contribution in [2.75, 3.05) is 30.7 Å². The summed E-state index contributed by atoms with van der Waals surface area (Å²) in [6, 6.07) is 5.27. The van der Waals surface area contributed by atoms with Crippen LogP contribution in [0.1, 0.15) is 13.8 Å². The molecule has 5 nitrogen and oxygen atoms in total. The van der Waals surface area contributed by atoms with Crippen LogP contribution in [0.15, 0.2) is 18.2 Å². The van der Waals surface area contributed by atoms with Crippen molar-refractivity contribution >= 4 is 28.9 Å². The first-order valence-corrected chi connectivity index (χ1v) is 7.04. The molecule has 0 radical (unpaired) electrons. The maximum absolute atomic E-state index is 12.1. The van der Waals surface area contributed by atoms with E-state index in [1.807, 2.05) is 6.92 Å². The smallest absolute Gasteiger partial charge is 0.238 e. The fraction of sp³-hybridized carbons (Fsp3) is 0.500. The maximum atomic E-state index is 12.1. The van der Waals surface area contributed by atoms with Gasteiger partial charge in [-0.1, -0.05) is 11.6 Å². The molecule has 1 aromatic carbocycles. The summed E-state index contributed by atoms with van der Waals surface area (Å²) in [5, 5.41) is 3.37. The van der Waals surface area contributed by atoms with Crippen LogP contribution in [-0.2, 0) is 9.53 Å². The van der Waals surface area contributed by atoms with Gasteiger partial charge in [0.1, 0.15) is 0 Å². The van der Waals surface area contributed by atoms with Gasteiger partial charge in [0.25, 0.3) is 0 Å². The van der Waals surface area contributed by atoms with Gasteiger partial charge < -0.3 is 15.8 Å². The SMILES string of the molecule is CC1CN(CC(=O)Nc2ccc(Cl)cc2N)C(C)CO1. The predicted octanol–water partition coefficient (Wildman–Crippen LogP) is 1.97. The minimum Gasteiger partial charge on any atom is -0.397 e. The van der Waals surface area contributed by atoms with E-state index in [-0.39, 0.29) is 18.1 Å². The Morgan fingerprint density at radius 1 is 1.55 bits per heavy atom. The number of nitrogens with one attached hydrogen (secondary N) is 1. The fourth-order valence-electron chi connectivity index (χ4n) is 2.21. The Morgan fingerprint density at radius 3 is 3.00 bits per heavy atom. The molecule has 6 heteroatoms. The molecule has 1 aliphatic heterocycles. The molecule has 110 valence electrons. The average Bonchev–Trinajstić information content (AvgIpc) is 2.37. The van der Waals surface area contributed by atoms with E-state index in [1.54, 1.807) is 18.2 Å². The number of benzene rings is 1. The quantitative estimate of drug-likeness (QED) is 0.837. The Labute approximate surface area is 124 Å².